The van der Waals surface area contributed by atoms with Gasteiger partial charge in [-0.15, -0.1) is 0 Å². The molecule has 1 N–H and O–H groups in total. The van der Waals surface area contributed by atoms with Crippen molar-refractivity contribution >= 4 is 0 Å². The molecule has 0 aromatic carbocycles. The molecule has 110 valence electrons. The predicted octanol–water partition coefficient (Wildman–Crippen LogP) is 5.54. The topological polar surface area (TPSA) is 12.0 Å². The Bertz CT molecular complexity index is 154. The van der Waals surface area contributed by atoms with Gasteiger partial charge in [-0.25, -0.2) is 0 Å². The monoisotopic (exact) mass is 255 g/mol. The second kappa shape index (κ2) is 13.4. The molecular weight excluding hydrogens is 218 g/mol. The van der Waals surface area contributed by atoms with E-state index in [4.69, 9.17) is 0 Å². The lowest BCUT2D eigenvalue weighted by atomic mass is 9.97. The van der Waals surface area contributed by atoms with Gasteiger partial charge in [-0.05, 0) is 18.9 Å². The maximum absolute atomic E-state index is 3.61. The molecule has 0 heterocycles. The average Bonchev–Trinajstić information content (AvgIpc) is 2.35. The molecule has 0 radical (unpaired) electrons. The van der Waals surface area contributed by atoms with Crippen LogP contribution < -0.4 is 5.32 Å². The van der Waals surface area contributed by atoms with Crippen molar-refractivity contribution < 1.29 is 0 Å². The Balaban J connectivity index is 3.27. The molecule has 0 aromatic heterocycles. The molecule has 0 aromatic rings. The van der Waals surface area contributed by atoms with Gasteiger partial charge >= 0.3 is 0 Å². The van der Waals surface area contributed by atoms with Gasteiger partial charge in [0.25, 0.3) is 0 Å². The summed E-state index contributed by atoms with van der Waals surface area (Å²) < 4.78 is 0. The molecule has 0 amide bonds. The largest absolute Gasteiger partial charge is 0.314 e. The van der Waals surface area contributed by atoms with Crippen molar-refractivity contribution in [2.75, 3.05) is 6.54 Å². The Morgan fingerprint density at radius 2 is 1.22 bits per heavy atom. The molecule has 18 heavy (non-hydrogen) atoms. The number of hydrogen-bond acceptors (Lipinski definition) is 1. The lowest BCUT2D eigenvalue weighted by molar-refractivity contribution is 0.370. The summed E-state index contributed by atoms with van der Waals surface area (Å²) in [5, 5.41) is 3.61. The summed E-state index contributed by atoms with van der Waals surface area (Å²) in [6.07, 6.45) is 14.3. The summed E-state index contributed by atoms with van der Waals surface area (Å²) in [6.45, 7) is 10.3. The zero-order valence-electron chi connectivity index (χ0n) is 13.4. The molecular formula is C17H37N. The highest BCUT2D eigenvalue weighted by Crippen LogP contribution is 2.14. The summed E-state index contributed by atoms with van der Waals surface area (Å²) >= 11 is 0. The minimum absolute atomic E-state index is 0.736. The van der Waals surface area contributed by atoms with Gasteiger partial charge in [-0.3, -0.25) is 0 Å². The van der Waals surface area contributed by atoms with E-state index in [9.17, 15) is 0 Å². The molecule has 0 saturated carbocycles. The summed E-state index contributed by atoms with van der Waals surface area (Å²) in [7, 11) is 0. The fraction of sp³-hybridized carbons (Fsp3) is 1.00. The second-order valence-corrected chi connectivity index (χ2v) is 6.03. The van der Waals surface area contributed by atoms with E-state index in [2.05, 4.69) is 33.0 Å². The van der Waals surface area contributed by atoms with Gasteiger partial charge in [-0.1, -0.05) is 85.5 Å². The van der Waals surface area contributed by atoms with E-state index in [1.165, 1.54) is 64.2 Å². The van der Waals surface area contributed by atoms with E-state index in [1.807, 2.05) is 0 Å². The Kier molecular flexibility index (Phi) is 13.4. The second-order valence-electron chi connectivity index (χ2n) is 6.03. The van der Waals surface area contributed by atoms with Crippen LogP contribution in [0.15, 0.2) is 0 Å². The van der Waals surface area contributed by atoms with Gasteiger partial charge in [-0.2, -0.15) is 0 Å². The Morgan fingerprint density at radius 1 is 0.722 bits per heavy atom. The van der Waals surface area contributed by atoms with Crippen LogP contribution in [0.1, 0.15) is 91.9 Å². The standard InChI is InChI=1S/C17H37N/c1-5-7-8-9-10-11-12-13-14-15-17(16(3)4)18-6-2/h16-18H,5-15H2,1-4H3. The lowest BCUT2D eigenvalue weighted by Gasteiger charge is -2.21. The number of unbranched alkanes of at least 4 members (excludes halogenated alkanes) is 8. The van der Waals surface area contributed by atoms with Crippen molar-refractivity contribution in [3.05, 3.63) is 0 Å². The van der Waals surface area contributed by atoms with E-state index in [-0.39, 0.29) is 0 Å². The molecule has 1 atom stereocenters. The van der Waals surface area contributed by atoms with E-state index in [0.717, 1.165) is 18.5 Å². The van der Waals surface area contributed by atoms with Crippen LogP contribution in [0.3, 0.4) is 0 Å². The van der Waals surface area contributed by atoms with Crippen LogP contribution in [0, 0.1) is 5.92 Å². The first kappa shape index (κ1) is 18.0. The molecule has 0 aliphatic rings. The first-order valence-electron chi connectivity index (χ1n) is 8.45. The molecule has 0 fully saturated rings. The molecule has 0 aliphatic carbocycles. The van der Waals surface area contributed by atoms with Gasteiger partial charge in [0.15, 0.2) is 0 Å². The van der Waals surface area contributed by atoms with Gasteiger partial charge < -0.3 is 5.32 Å². The molecule has 1 nitrogen and oxygen atoms in total. The molecule has 0 rings (SSSR count). The summed E-state index contributed by atoms with van der Waals surface area (Å²) in [5.74, 6) is 0.777. The SMILES string of the molecule is CCCCCCCCCCCC(NCC)C(C)C. The molecule has 0 bridgehead atoms. The fourth-order valence-electron chi connectivity index (χ4n) is 2.61. The lowest BCUT2D eigenvalue weighted by Crippen LogP contribution is -2.33. The first-order valence-corrected chi connectivity index (χ1v) is 8.45. The van der Waals surface area contributed by atoms with Crippen molar-refractivity contribution in [1.29, 1.82) is 0 Å². The van der Waals surface area contributed by atoms with Gasteiger partial charge in [0, 0.05) is 6.04 Å². The highest BCUT2D eigenvalue weighted by Gasteiger charge is 2.10. The Hall–Kier alpha value is -0.0400. The van der Waals surface area contributed by atoms with Gasteiger partial charge in [0.1, 0.15) is 0 Å². The average molecular weight is 255 g/mol. The minimum Gasteiger partial charge on any atom is -0.314 e. The van der Waals surface area contributed by atoms with Crippen LogP contribution in [0.25, 0.3) is 0 Å². The zero-order chi connectivity index (χ0) is 13.6. The van der Waals surface area contributed by atoms with Crippen LogP contribution in [0.2, 0.25) is 0 Å². The summed E-state index contributed by atoms with van der Waals surface area (Å²) in [5.41, 5.74) is 0. The third kappa shape index (κ3) is 11.1. The van der Waals surface area contributed by atoms with Crippen molar-refractivity contribution in [3.8, 4) is 0 Å². The minimum atomic E-state index is 0.736. The highest BCUT2D eigenvalue weighted by atomic mass is 14.9. The van der Waals surface area contributed by atoms with Crippen molar-refractivity contribution in [2.45, 2.75) is 97.9 Å². The fourth-order valence-corrected chi connectivity index (χ4v) is 2.61. The van der Waals surface area contributed by atoms with E-state index >= 15 is 0 Å². The van der Waals surface area contributed by atoms with E-state index < -0.39 is 0 Å². The van der Waals surface area contributed by atoms with Crippen LogP contribution in [-0.4, -0.2) is 12.6 Å². The molecule has 0 saturated heterocycles. The maximum atomic E-state index is 3.61. The summed E-state index contributed by atoms with van der Waals surface area (Å²) in [6, 6.07) is 0.736. The van der Waals surface area contributed by atoms with Crippen LogP contribution in [0.5, 0.6) is 0 Å². The van der Waals surface area contributed by atoms with Crippen LogP contribution in [-0.2, 0) is 0 Å². The molecule has 1 heteroatoms. The maximum Gasteiger partial charge on any atom is 0.00899 e. The van der Waals surface area contributed by atoms with Crippen molar-refractivity contribution in [2.24, 2.45) is 5.92 Å². The summed E-state index contributed by atoms with van der Waals surface area (Å²) in [4.78, 5) is 0. The molecule has 0 spiro atoms. The van der Waals surface area contributed by atoms with E-state index in [0.29, 0.717) is 0 Å². The number of nitrogens with one attached hydrogen (secondary N) is 1. The molecule has 1 unspecified atom stereocenters. The van der Waals surface area contributed by atoms with Crippen LogP contribution >= 0.6 is 0 Å². The van der Waals surface area contributed by atoms with Crippen molar-refractivity contribution in [3.63, 3.8) is 0 Å². The van der Waals surface area contributed by atoms with Crippen molar-refractivity contribution in [1.82, 2.24) is 5.32 Å². The normalized spacial score (nSPS) is 13.2. The number of rotatable bonds is 13. The third-order valence-corrected chi connectivity index (χ3v) is 3.89. The number of hydrogen-bond donors (Lipinski definition) is 1. The predicted molar refractivity (Wildman–Crippen MR) is 84.1 cm³/mol. The molecule has 0 aliphatic heterocycles. The smallest absolute Gasteiger partial charge is 0.00899 e. The van der Waals surface area contributed by atoms with Gasteiger partial charge in [0.2, 0.25) is 0 Å². The quantitative estimate of drug-likeness (QED) is 0.426. The zero-order valence-corrected chi connectivity index (χ0v) is 13.4. The highest BCUT2D eigenvalue weighted by molar-refractivity contribution is 4.69. The van der Waals surface area contributed by atoms with Crippen LogP contribution in [0.4, 0.5) is 0 Å². The first-order chi connectivity index (χ1) is 8.72. The third-order valence-electron chi connectivity index (χ3n) is 3.89. The van der Waals surface area contributed by atoms with Gasteiger partial charge in [0.05, 0.1) is 0 Å². The Morgan fingerprint density at radius 3 is 1.67 bits per heavy atom. The van der Waals surface area contributed by atoms with E-state index in [1.54, 1.807) is 0 Å². The Labute approximate surface area is 116 Å².